The Labute approximate surface area is 162 Å². The number of carbonyl (C=O) groups excluding carboxylic acids is 2. The Hall–Kier alpha value is -2.45. The number of hydrogen-bond donors (Lipinski definition) is 2. The first-order valence-electron chi connectivity index (χ1n) is 7.59. The molecule has 0 saturated heterocycles. The second kappa shape index (κ2) is 8.29. The number of ether oxygens (including phenoxy) is 3. The minimum absolute atomic E-state index is 0.325. The molecule has 0 radical (unpaired) electrons. The molecule has 0 atom stereocenters. The maximum atomic E-state index is 11.9. The molecule has 1 heterocycles. The van der Waals surface area contributed by atoms with E-state index < -0.39 is 11.9 Å². The molecule has 0 aliphatic carbocycles. The lowest BCUT2D eigenvalue weighted by molar-refractivity contribution is -0.121. The summed E-state index contributed by atoms with van der Waals surface area (Å²) in [6.07, 6.45) is 0. The van der Waals surface area contributed by atoms with Crippen molar-refractivity contribution in [1.82, 2.24) is 5.32 Å². The molecule has 136 valence electrons. The number of rotatable bonds is 4. The van der Waals surface area contributed by atoms with Gasteiger partial charge in [0, 0.05) is 16.8 Å². The van der Waals surface area contributed by atoms with Crippen LogP contribution in [0.15, 0.2) is 40.9 Å². The Morgan fingerprint density at radius 1 is 1.12 bits per heavy atom. The summed E-state index contributed by atoms with van der Waals surface area (Å²) in [5.74, 6) is 0.996. The lowest BCUT2D eigenvalue weighted by atomic mass is 10.2. The van der Waals surface area contributed by atoms with Crippen molar-refractivity contribution < 1.29 is 23.8 Å². The first kappa shape index (κ1) is 18.3. The van der Waals surface area contributed by atoms with E-state index in [4.69, 9.17) is 25.8 Å². The molecule has 0 unspecified atom stereocenters. The zero-order chi connectivity index (χ0) is 18.5. The molecular weight excluding hydrogens is 428 g/mol. The van der Waals surface area contributed by atoms with E-state index in [1.807, 2.05) is 0 Å². The van der Waals surface area contributed by atoms with E-state index in [9.17, 15) is 9.59 Å². The molecule has 0 saturated carbocycles. The molecule has 1 aliphatic heterocycles. The molecule has 9 heteroatoms. The first-order valence-corrected chi connectivity index (χ1v) is 8.77. The highest BCUT2D eigenvalue weighted by atomic mass is 79.9. The Balaban J connectivity index is 1.50. The minimum Gasteiger partial charge on any atom is -0.486 e. The van der Waals surface area contributed by atoms with Crippen molar-refractivity contribution >= 4 is 45.2 Å². The van der Waals surface area contributed by atoms with Crippen LogP contribution in [-0.2, 0) is 4.79 Å². The van der Waals surface area contributed by atoms with E-state index in [2.05, 4.69) is 26.6 Å². The molecule has 0 aromatic heterocycles. The summed E-state index contributed by atoms with van der Waals surface area (Å²) in [5.41, 5.74) is 0.473. The Bertz CT molecular complexity index is 846. The maximum absolute atomic E-state index is 11.9. The van der Waals surface area contributed by atoms with Gasteiger partial charge in [-0.2, -0.15) is 0 Å². The predicted molar refractivity (Wildman–Crippen MR) is 99.2 cm³/mol. The third-order valence-electron chi connectivity index (χ3n) is 3.31. The largest absolute Gasteiger partial charge is 0.486 e. The highest BCUT2D eigenvalue weighted by molar-refractivity contribution is 9.10. The van der Waals surface area contributed by atoms with Crippen LogP contribution in [0.3, 0.4) is 0 Å². The van der Waals surface area contributed by atoms with Gasteiger partial charge in [-0.25, -0.2) is 4.79 Å². The summed E-state index contributed by atoms with van der Waals surface area (Å²) in [6.45, 7) is 0.603. The number of anilines is 1. The fraction of sp³-hybridized carbons (Fsp3) is 0.176. The Kier molecular flexibility index (Phi) is 5.85. The average Bonchev–Trinajstić information content (AvgIpc) is 2.60. The van der Waals surface area contributed by atoms with Gasteiger partial charge >= 0.3 is 6.03 Å². The molecule has 2 aromatic rings. The topological polar surface area (TPSA) is 85.9 Å². The van der Waals surface area contributed by atoms with Crippen LogP contribution in [0.2, 0.25) is 5.02 Å². The smallest absolute Gasteiger partial charge is 0.325 e. The number of fused-ring (bicyclic) bond motifs is 1. The van der Waals surface area contributed by atoms with Crippen molar-refractivity contribution in [3.8, 4) is 17.2 Å². The van der Waals surface area contributed by atoms with Gasteiger partial charge in [0.2, 0.25) is 0 Å². The van der Waals surface area contributed by atoms with Crippen LogP contribution in [0, 0.1) is 0 Å². The molecule has 26 heavy (non-hydrogen) atoms. The number of hydrogen-bond acceptors (Lipinski definition) is 5. The fourth-order valence-electron chi connectivity index (χ4n) is 2.18. The van der Waals surface area contributed by atoms with Gasteiger partial charge < -0.3 is 19.5 Å². The number of imide groups is 1. The van der Waals surface area contributed by atoms with Crippen molar-refractivity contribution in [3.05, 3.63) is 45.9 Å². The third kappa shape index (κ3) is 4.80. The highest BCUT2D eigenvalue weighted by Gasteiger charge is 2.14. The summed E-state index contributed by atoms with van der Waals surface area (Å²) >= 11 is 9.12. The number of carbonyl (C=O) groups is 2. The number of halogens is 2. The molecule has 3 amide bonds. The van der Waals surface area contributed by atoms with Gasteiger partial charge in [-0.1, -0.05) is 11.6 Å². The standard InChI is InChI=1S/C17H14BrClN2O5/c18-12-7-10(19)1-3-13(12)26-9-16(22)21-17(23)20-11-2-4-14-15(8-11)25-6-5-24-14/h1-4,7-8H,5-6,9H2,(H2,20,21,22,23). The molecule has 0 bridgehead atoms. The van der Waals surface area contributed by atoms with E-state index in [0.29, 0.717) is 45.6 Å². The molecule has 2 aromatic carbocycles. The van der Waals surface area contributed by atoms with Gasteiger partial charge in [-0.3, -0.25) is 10.1 Å². The first-order chi connectivity index (χ1) is 12.5. The highest BCUT2D eigenvalue weighted by Crippen LogP contribution is 2.32. The summed E-state index contributed by atoms with van der Waals surface area (Å²) in [6, 6.07) is 9.18. The fourth-order valence-corrected chi connectivity index (χ4v) is 2.98. The van der Waals surface area contributed by atoms with E-state index >= 15 is 0 Å². The van der Waals surface area contributed by atoms with Crippen molar-refractivity contribution in [2.45, 2.75) is 0 Å². The number of nitrogens with one attached hydrogen (secondary N) is 2. The van der Waals surface area contributed by atoms with Gasteiger partial charge in [0.15, 0.2) is 18.1 Å². The lowest BCUT2D eigenvalue weighted by Crippen LogP contribution is -2.37. The van der Waals surface area contributed by atoms with Crippen LogP contribution in [0.4, 0.5) is 10.5 Å². The monoisotopic (exact) mass is 440 g/mol. The van der Waals surface area contributed by atoms with Crippen LogP contribution in [-0.4, -0.2) is 31.8 Å². The average molecular weight is 442 g/mol. The Morgan fingerprint density at radius 3 is 2.65 bits per heavy atom. The zero-order valence-electron chi connectivity index (χ0n) is 13.4. The SMILES string of the molecule is O=C(COc1ccc(Cl)cc1Br)NC(=O)Nc1ccc2c(c1)OCCO2. The molecule has 2 N–H and O–H groups in total. The summed E-state index contributed by atoms with van der Waals surface area (Å²) in [7, 11) is 0. The summed E-state index contributed by atoms with van der Waals surface area (Å²) < 4.78 is 16.8. The molecule has 1 aliphatic rings. The molecule has 0 fully saturated rings. The van der Waals surface area contributed by atoms with Crippen molar-refractivity contribution in [2.24, 2.45) is 0 Å². The summed E-state index contributed by atoms with van der Waals surface area (Å²) in [5, 5.41) is 5.27. The molecule has 0 spiro atoms. The van der Waals surface area contributed by atoms with Crippen molar-refractivity contribution in [1.29, 1.82) is 0 Å². The van der Waals surface area contributed by atoms with E-state index in [0.717, 1.165) is 0 Å². The third-order valence-corrected chi connectivity index (χ3v) is 4.16. The molecule has 7 nitrogen and oxygen atoms in total. The molecular formula is C17H14BrClN2O5. The van der Waals surface area contributed by atoms with Gasteiger partial charge in [0.25, 0.3) is 5.91 Å². The van der Waals surface area contributed by atoms with Gasteiger partial charge in [0.1, 0.15) is 19.0 Å². The van der Waals surface area contributed by atoms with Crippen LogP contribution >= 0.6 is 27.5 Å². The van der Waals surface area contributed by atoms with Gasteiger partial charge in [-0.15, -0.1) is 0 Å². The predicted octanol–water partition coefficient (Wildman–Crippen LogP) is 3.60. The maximum Gasteiger partial charge on any atom is 0.325 e. The van der Waals surface area contributed by atoms with Gasteiger partial charge in [-0.05, 0) is 46.3 Å². The normalized spacial score (nSPS) is 12.2. The lowest BCUT2D eigenvalue weighted by Gasteiger charge is -2.19. The van der Waals surface area contributed by atoms with E-state index in [1.54, 1.807) is 36.4 Å². The van der Waals surface area contributed by atoms with Gasteiger partial charge in [0.05, 0.1) is 4.47 Å². The zero-order valence-corrected chi connectivity index (χ0v) is 15.7. The van der Waals surface area contributed by atoms with Crippen LogP contribution < -0.4 is 24.8 Å². The summed E-state index contributed by atoms with van der Waals surface area (Å²) in [4.78, 5) is 23.8. The number of amides is 3. The van der Waals surface area contributed by atoms with Crippen molar-refractivity contribution in [3.63, 3.8) is 0 Å². The van der Waals surface area contributed by atoms with Crippen LogP contribution in [0.5, 0.6) is 17.2 Å². The molecule has 3 rings (SSSR count). The van der Waals surface area contributed by atoms with Crippen molar-refractivity contribution in [2.75, 3.05) is 25.1 Å². The Morgan fingerprint density at radius 2 is 1.88 bits per heavy atom. The van der Waals surface area contributed by atoms with E-state index in [1.165, 1.54) is 0 Å². The van der Waals surface area contributed by atoms with Crippen LogP contribution in [0.1, 0.15) is 0 Å². The van der Waals surface area contributed by atoms with Crippen LogP contribution in [0.25, 0.3) is 0 Å². The second-order valence-electron chi connectivity index (χ2n) is 5.22. The number of urea groups is 1. The number of benzene rings is 2. The quantitative estimate of drug-likeness (QED) is 0.757. The second-order valence-corrected chi connectivity index (χ2v) is 6.51. The van der Waals surface area contributed by atoms with E-state index in [-0.39, 0.29) is 6.61 Å². The minimum atomic E-state index is -0.676.